The van der Waals surface area contributed by atoms with E-state index in [0.29, 0.717) is 27.6 Å². The number of nitrogens with zero attached hydrogens (tertiary/aromatic N) is 3. The highest BCUT2D eigenvalue weighted by molar-refractivity contribution is 9.10. The zero-order valence-electron chi connectivity index (χ0n) is 10.1. The van der Waals surface area contributed by atoms with Gasteiger partial charge in [-0.25, -0.2) is 4.79 Å². The fourth-order valence-corrected chi connectivity index (χ4v) is 1.93. The highest BCUT2D eigenvalue weighted by Crippen LogP contribution is 2.19. The molecule has 7 nitrogen and oxygen atoms in total. The van der Waals surface area contributed by atoms with Crippen LogP contribution in [0.2, 0.25) is 0 Å². The summed E-state index contributed by atoms with van der Waals surface area (Å²) in [7, 11) is 1.73. The third-order valence-corrected chi connectivity index (χ3v) is 2.75. The predicted octanol–water partition coefficient (Wildman–Crippen LogP) is 2.43. The van der Waals surface area contributed by atoms with Crippen LogP contribution in [0.3, 0.4) is 0 Å². The number of rotatable bonds is 2. The van der Waals surface area contributed by atoms with Gasteiger partial charge in [-0.3, -0.25) is 10.00 Å². The molecule has 0 saturated carbocycles. The summed E-state index contributed by atoms with van der Waals surface area (Å²) in [4.78, 5) is 11.8. The molecule has 2 heterocycles. The van der Waals surface area contributed by atoms with Gasteiger partial charge in [0.05, 0.1) is 0 Å². The molecular formula is C10H12BrN5O2. The van der Waals surface area contributed by atoms with E-state index < -0.39 is 0 Å². The summed E-state index contributed by atoms with van der Waals surface area (Å²) < 4.78 is 7.16. The number of aryl methyl sites for hydroxylation is 3. The molecule has 0 bridgehead atoms. The van der Waals surface area contributed by atoms with Gasteiger partial charge in [0.2, 0.25) is 0 Å². The molecule has 0 spiro atoms. The van der Waals surface area contributed by atoms with Crippen LogP contribution in [0.15, 0.2) is 15.2 Å². The van der Waals surface area contributed by atoms with E-state index in [1.165, 1.54) is 0 Å². The normalized spacial score (nSPS) is 10.4. The van der Waals surface area contributed by atoms with Gasteiger partial charge in [0.25, 0.3) is 0 Å². The highest BCUT2D eigenvalue weighted by atomic mass is 79.9. The lowest BCUT2D eigenvalue weighted by Crippen LogP contribution is -2.21. The number of amides is 2. The van der Waals surface area contributed by atoms with Gasteiger partial charge in [0.1, 0.15) is 21.8 Å². The molecule has 0 unspecified atom stereocenters. The van der Waals surface area contributed by atoms with E-state index in [1.54, 1.807) is 31.6 Å². The maximum absolute atomic E-state index is 11.8. The molecular weight excluding hydrogens is 302 g/mol. The Morgan fingerprint density at radius 3 is 2.67 bits per heavy atom. The number of carbonyl (C=O) groups excluding carboxylic acids is 1. The van der Waals surface area contributed by atoms with Crippen molar-refractivity contribution in [3.8, 4) is 0 Å². The molecule has 0 radical (unpaired) electrons. The van der Waals surface area contributed by atoms with Gasteiger partial charge in [0.15, 0.2) is 5.76 Å². The SMILES string of the molecule is Cc1noc(C)c1NC(=O)Nc1cc(Br)nn1C. The lowest BCUT2D eigenvalue weighted by Gasteiger charge is -2.06. The molecule has 0 aliphatic carbocycles. The Hall–Kier alpha value is -1.83. The number of carbonyl (C=O) groups is 1. The standard InChI is InChI=1S/C10H12BrN5O2/c1-5-9(6(2)18-15-5)13-10(17)12-8-4-7(11)14-16(8)3/h4H,1-3H3,(H2,12,13,17). The van der Waals surface area contributed by atoms with Crippen molar-refractivity contribution in [3.63, 3.8) is 0 Å². The highest BCUT2D eigenvalue weighted by Gasteiger charge is 2.13. The quantitative estimate of drug-likeness (QED) is 0.891. The van der Waals surface area contributed by atoms with E-state index in [2.05, 4.69) is 36.8 Å². The molecule has 0 saturated heterocycles. The molecule has 0 aliphatic heterocycles. The number of hydrogen-bond acceptors (Lipinski definition) is 4. The second kappa shape index (κ2) is 4.81. The topological polar surface area (TPSA) is 85.0 Å². The molecule has 2 N–H and O–H groups in total. The van der Waals surface area contributed by atoms with Crippen molar-refractivity contribution in [3.05, 3.63) is 22.1 Å². The summed E-state index contributed by atoms with van der Waals surface area (Å²) >= 11 is 3.23. The maximum atomic E-state index is 11.8. The van der Waals surface area contributed by atoms with Crippen molar-refractivity contribution in [1.29, 1.82) is 0 Å². The number of aromatic nitrogens is 3. The summed E-state index contributed by atoms with van der Waals surface area (Å²) in [5.41, 5.74) is 1.21. The average Bonchev–Trinajstić information content (AvgIpc) is 2.75. The number of nitrogens with one attached hydrogen (secondary N) is 2. The minimum absolute atomic E-state index is 0.375. The Morgan fingerprint density at radius 2 is 2.17 bits per heavy atom. The number of hydrogen-bond donors (Lipinski definition) is 2. The van der Waals surface area contributed by atoms with Crippen molar-refractivity contribution < 1.29 is 9.32 Å². The predicted molar refractivity (Wildman–Crippen MR) is 69.5 cm³/mol. The van der Waals surface area contributed by atoms with Gasteiger partial charge in [0, 0.05) is 13.1 Å². The summed E-state index contributed by atoms with van der Waals surface area (Å²) in [5.74, 6) is 1.14. The van der Waals surface area contributed by atoms with Crippen molar-refractivity contribution in [2.24, 2.45) is 7.05 Å². The molecule has 2 rings (SSSR count). The first kappa shape index (κ1) is 12.6. The van der Waals surface area contributed by atoms with Crippen LogP contribution >= 0.6 is 15.9 Å². The fourth-order valence-electron chi connectivity index (χ4n) is 1.47. The number of halogens is 1. The minimum Gasteiger partial charge on any atom is -0.359 e. The second-order valence-corrected chi connectivity index (χ2v) is 4.57. The van der Waals surface area contributed by atoms with Gasteiger partial charge in [-0.1, -0.05) is 5.16 Å². The Balaban J connectivity index is 2.08. The second-order valence-electron chi connectivity index (χ2n) is 3.75. The van der Waals surface area contributed by atoms with Gasteiger partial charge >= 0.3 is 6.03 Å². The summed E-state index contributed by atoms with van der Waals surface area (Å²) in [6.45, 7) is 3.49. The Kier molecular flexibility index (Phi) is 3.37. The number of anilines is 2. The van der Waals surface area contributed by atoms with Crippen LogP contribution in [0.4, 0.5) is 16.3 Å². The van der Waals surface area contributed by atoms with E-state index in [4.69, 9.17) is 4.52 Å². The summed E-state index contributed by atoms with van der Waals surface area (Å²) in [5, 5.41) is 13.2. The molecule has 0 fully saturated rings. The van der Waals surface area contributed by atoms with Crippen LogP contribution < -0.4 is 10.6 Å². The molecule has 2 aromatic rings. The van der Waals surface area contributed by atoms with Crippen molar-refractivity contribution in [1.82, 2.24) is 14.9 Å². The van der Waals surface area contributed by atoms with Crippen molar-refractivity contribution in [2.75, 3.05) is 10.6 Å². The van der Waals surface area contributed by atoms with Crippen LogP contribution in [0.1, 0.15) is 11.5 Å². The van der Waals surface area contributed by atoms with E-state index in [-0.39, 0.29) is 6.03 Å². The zero-order valence-corrected chi connectivity index (χ0v) is 11.7. The van der Waals surface area contributed by atoms with E-state index in [0.717, 1.165) is 0 Å². The Bertz CT molecular complexity index is 570. The average molecular weight is 314 g/mol. The first-order valence-corrected chi connectivity index (χ1v) is 5.97. The molecule has 8 heteroatoms. The van der Waals surface area contributed by atoms with Crippen molar-refractivity contribution in [2.45, 2.75) is 13.8 Å². The van der Waals surface area contributed by atoms with Crippen molar-refractivity contribution >= 4 is 33.5 Å². The van der Waals surface area contributed by atoms with Crippen LogP contribution in [0.5, 0.6) is 0 Å². The van der Waals surface area contributed by atoms with Crippen LogP contribution in [-0.2, 0) is 7.05 Å². The maximum Gasteiger partial charge on any atom is 0.324 e. The monoisotopic (exact) mass is 313 g/mol. The van der Waals surface area contributed by atoms with E-state index in [1.807, 2.05) is 0 Å². The minimum atomic E-state index is -0.375. The van der Waals surface area contributed by atoms with E-state index >= 15 is 0 Å². The fraction of sp³-hybridized carbons (Fsp3) is 0.300. The Labute approximate surface area is 112 Å². The third-order valence-electron chi connectivity index (χ3n) is 2.36. The van der Waals surface area contributed by atoms with Crippen LogP contribution in [0.25, 0.3) is 0 Å². The largest absolute Gasteiger partial charge is 0.359 e. The summed E-state index contributed by atoms with van der Waals surface area (Å²) in [6.07, 6.45) is 0. The lowest BCUT2D eigenvalue weighted by atomic mass is 10.3. The third kappa shape index (κ3) is 2.53. The lowest BCUT2D eigenvalue weighted by molar-refractivity contribution is 0.262. The van der Waals surface area contributed by atoms with Gasteiger partial charge < -0.3 is 9.84 Å². The first-order chi connectivity index (χ1) is 8.47. The zero-order chi connectivity index (χ0) is 13.3. The molecule has 18 heavy (non-hydrogen) atoms. The molecule has 2 aromatic heterocycles. The van der Waals surface area contributed by atoms with Crippen LogP contribution in [0, 0.1) is 13.8 Å². The van der Waals surface area contributed by atoms with E-state index in [9.17, 15) is 4.79 Å². The first-order valence-electron chi connectivity index (χ1n) is 5.18. The van der Waals surface area contributed by atoms with Gasteiger partial charge in [-0.2, -0.15) is 5.10 Å². The molecule has 96 valence electrons. The molecule has 0 aromatic carbocycles. The number of urea groups is 1. The Morgan fingerprint density at radius 1 is 1.44 bits per heavy atom. The van der Waals surface area contributed by atoms with Gasteiger partial charge in [-0.15, -0.1) is 0 Å². The molecule has 0 aliphatic rings. The molecule has 2 amide bonds. The molecule has 0 atom stereocenters. The van der Waals surface area contributed by atoms with Crippen LogP contribution in [-0.4, -0.2) is 21.0 Å². The smallest absolute Gasteiger partial charge is 0.324 e. The van der Waals surface area contributed by atoms with Gasteiger partial charge in [-0.05, 0) is 29.8 Å². The summed E-state index contributed by atoms with van der Waals surface area (Å²) in [6, 6.07) is 1.33.